The van der Waals surface area contributed by atoms with Crippen LogP contribution in [0.1, 0.15) is 29.8 Å². The number of hydrogen-bond donors (Lipinski definition) is 2. The number of hydrogen-bond acceptors (Lipinski definition) is 4. The summed E-state index contributed by atoms with van der Waals surface area (Å²) in [5.74, 6) is -1.27. The fourth-order valence-electron chi connectivity index (χ4n) is 1.47. The fraction of sp³-hybridized carbons (Fsp3) is 0.357. The van der Waals surface area contributed by atoms with E-state index < -0.39 is 24.5 Å². The number of ether oxygens (including phenoxy) is 1. The zero-order valence-electron chi connectivity index (χ0n) is 11.7. The second-order valence-electron chi connectivity index (χ2n) is 4.57. The maximum Gasteiger partial charge on any atom is 0.338 e. The standard InChI is InChI=1S/C14H18N2O4/c1-9(2)15-14(19)16-12(17)8-20-13(18)11-7-5-4-6-10(11)3/h4-7,9H,8H2,1-3H3,(H2,15,16,17,19). The highest BCUT2D eigenvalue weighted by Gasteiger charge is 2.13. The third-order valence-corrected chi connectivity index (χ3v) is 2.37. The number of amides is 3. The molecule has 6 nitrogen and oxygen atoms in total. The molecule has 20 heavy (non-hydrogen) atoms. The second kappa shape index (κ2) is 7.28. The summed E-state index contributed by atoms with van der Waals surface area (Å²) in [4.78, 5) is 34.4. The monoisotopic (exact) mass is 278 g/mol. The largest absolute Gasteiger partial charge is 0.452 e. The average Bonchev–Trinajstić information content (AvgIpc) is 2.35. The minimum Gasteiger partial charge on any atom is -0.452 e. The van der Waals surface area contributed by atoms with Crippen molar-refractivity contribution < 1.29 is 19.1 Å². The van der Waals surface area contributed by atoms with E-state index in [4.69, 9.17) is 4.74 Å². The van der Waals surface area contributed by atoms with Gasteiger partial charge in [-0.1, -0.05) is 18.2 Å². The van der Waals surface area contributed by atoms with Gasteiger partial charge in [0.25, 0.3) is 5.91 Å². The van der Waals surface area contributed by atoms with Crippen LogP contribution in [0.15, 0.2) is 24.3 Å². The first-order valence-electron chi connectivity index (χ1n) is 6.23. The molecule has 0 spiro atoms. The van der Waals surface area contributed by atoms with E-state index in [2.05, 4.69) is 10.6 Å². The molecule has 0 radical (unpaired) electrons. The Morgan fingerprint density at radius 2 is 1.85 bits per heavy atom. The normalized spacial score (nSPS) is 10.0. The molecule has 2 N–H and O–H groups in total. The second-order valence-corrected chi connectivity index (χ2v) is 4.57. The number of urea groups is 1. The molecule has 0 atom stereocenters. The molecule has 0 fully saturated rings. The molecule has 0 aliphatic carbocycles. The highest BCUT2D eigenvalue weighted by Crippen LogP contribution is 2.08. The van der Waals surface area contributed by atoms with E-state index in [0.717, 1.165) is 5.56 Å². The van der Waals surface area contributed by atoms with Gasteiger partial charge >= 0.3 is 12.0 Å². The quantitative estimate of drug-likeness (QED) is 0.815. The van der Waals surface area contributed by atoms with Crippen LogP contribution in [0.5, 0.6) is 0 Å². The summed E-state index contributed by atoms with van der Waals surface area (Å²) in [5.41, 5.74) is 1.15. The van der Waals surface area contributed by atoms with E-state index in [0.29, 0.717) is 5.56 Å². The van der Waals surface area contributed by atoms with E-state index in [1.807, 2.05) is 0 Å². The lowest BCUT2D eigenvalue weighted by atomic mass is 10.1. The lowest BCUT2D eigenvalue weighted by Crippen LogP contribution is -2.44. The Hall–Kier alpha value is -2.37. The van der Waals surface area contributed by atoms with Gasteiger partial charge in [0.15, 0.2) is 6.61 Å². The molecule has 1 aromatic rings. The van der Waals surface area contributed by atoms with Crippen LogP contribution in [-0.2, 0) is 9.53 Å². The van der Waals surface area contributed by atoms with Gasteiger partial charge in [-0.25, -0.2) is 9.59 Å². The lowest BCUT2D eigenvalue weighted by molar-refractivity contribution is -0.123. The summed E-state index contributed by atoms with van der Waals surface area (Å²) in [6.07, 6.45) is 0. The van der Waals surface area contributed by atoms with Crippen molar-refractivity contribution in [2.45, 2.75) is 26.8 Å². The third kappa shape index (κ3) is 5.09. The summed E-state index contributed by atoms with van der Waals surface area (Å²) in [6.45, 7) is 4.80. The molecule has 0 saturated heterocycles. The molecule has 108 valence electrons. The van der Waals surface area contributed by atoms with E-state index in [9.17, 15) is 14.4 Å². The van der Waals surface area contributed by atoms with Crippen molar-refractivity contribution in [1.29, 1.82) is 0 Å². The molecule has 1 aromatic carbocycles. The van der Waals surface area contributed by atoms with Gasteiger partial charge in [-0.2, -0.15) is 0 Å². The van der Waals surface area contributed by atoms with Gasteiger partial charge in [0.1, 0.15) is 0 Å². The Balaban J connectivity index is 2.44. The highest BCUT2D eigenvalue weighted by molar-refractivity contribution is 5.97. The van der Waals surface area contributed by atoms with Gasteiger partial charge in [0.2, 0.25) is 0 Å². The van der Waals surface area contributed by atoms with E-state index in [1.54, 1.807) is 45.0 Å². The zero-order valence-corrected chi connectivity index (χ0v) is 11.7. The summed E-state index contributed by atoms with van der Waals surface area (Å²) in [7, 11) is 0. The number of benzene rings is 1. The topological polar surface area (TPSA) is 84.5 Å². The first-order valence-corrected chi connectivity index (χ1v) is 6.23. The smallest absolute Gasteiger partial charge is 0.338 e. The van der Waals surface area contributed by atoms with Crippen LogP contribution in [0.4, 0.5) is 4.79 Å². The molecular weight excluding hydrogens is 260 g/mol. The molecule has 0 unspecified atom stereocenters. The van der Waals surface area contributed by atoms with Crippen molar-refractivity contribution in [3.63, 3.8) is 0 Å². The Bertz CT molecular complexity index is 512. The third-order valence-electron chi connectivity index (χ3n) is 2.37. The average molecular weight is 278 g/mol. The van der Waals surface area contributed by atoms with Crippen LogP contribution < -0.4 is 10.6 Å². The van der Waals surface area contributed by atoms with Gasteiger partial charge < -0.3 is 10.1 Å². The lowest BCUT2D eigenvalue weighted by Gasteiger charge is -2.10. The fourth-order valence-corrected chi connectivity index (χ4v) is 1.47. The zero-order chi connectivity index (χ0) is 15.1. The minimum atomic E-state index is -0.676. The molecule has 6 heteroatoms. The van der Waals surface area contributed by atoms with Crippen molar-refractivity contribution in [3.8, 4) is 0 Å². The first-order chi connectivity index (χ1) is 9.40. The molecule has 0 heterocycles. The SMILES string of the molecule is Cc1ccccc1C(=O)OCC(=O)NC(=O)NC(C)C. The van der Waals surface area contributed by atoms with Gasteiger partial charge in [-0.3, -0.25) is 10.1 Å². The summed E-state index contributed by atoms with van der Waals surface area (Å²) in [6, 6.07) is 6.19. The Labute approximate surface area is 117 Å². The molecule has 0 saturated carbocycles. The van der Waals surface area contributed by atoms with Gasteiger partial charge in [0, 0.05) is 6.04 Å². The van der Waals surface area contributed by atoms with Crippen molar-refractivity contribution in [1.82, 2.24) is 10.6 Å². The van der Waals surface area contributed by atoms with Crippen molar-refractivity contribution in [3.05, 3.63) is 35.4 Å². The Morgan fingerprint density at radius 1 is 1.20 bits per heavy atom. The number of aryl methyl sites for hydroxylation is 1. The predicted octanol–water partition coefficient (Wildman–Crippen LogP) is 1.39. The predicted molar refractivity (Wildman–Crippen MR) is 73.3 cm³/mol. The molecular formula is C14H18N2O4. The van der Waals surface area contributed by atoms with E-state index in [-0.39, 0.29) is 6.04 Å². The maximum atomic E-state index is 11.7. The maximum absolute atomic E-state index is 11.7. The van der Waals surface area contributed by atoms with Gasteiger partial charge in [-0.15, -0.1) is 0 Å². The Morgan fingerprint density at radius 3 is 2.45 bits per heavy atom. The molecule has 0 aliphatic rings. The number of nitrogens with one attached hydrogen (secondary N) is 2. The van der Waals surface area contributed by atoms with Crippen LogP contribution in [0, 0.1) is 6.92 Å². The van der Waals surface area contributed by atoms with Crippen molar-refractivity contribution in [2.75, 3.05) is 6.61 Å². The van der Waals surface area contributed by atoms with Gasteiger partial charge in [-0.05, 0) is 32.4 Å². The molecule has 0 aromatic heterocycles. The highest BCUT2D eigenvalue weighted by atomic mass is 16.5. The molecule has 0 aliphatic heterocycles. The minimum absolute atomic E-state index is 0.0858. The van der Waals surface area contributed by atoms with Crippen molar-refractivity contribution >= 4 is 17.9 Å². The van der Waals surface area contributed by atoms with E-state index in [1.165, 1.54) is 0 Å². The number of esters is 1. The van der Waals surface area contributed by atoms with Crippen LogP contribution in [-0.4, -0.2) is 30.6 Å². The van der Waals surface area contributed by atoms with Crippen LogP contribution in [0.2, 0.25) is 0 Å². The number of carbonyl (C=O) groups excluding carboxylic acids is 3. The number of imide groups is 1. The number of rotatable bonds is 4. The van der Waals surface area contributed by atoms with Crippen molar-refractivity contribution in [2.24, 2.45) is 0 Å². The van der Waals surface area contributed by atoms with E-state index >= 15 is 0 Å². The van der Waals surface area contributed by atoms with Crippen LogP contribution in [0.25, 0.3) is 0 Å². The summed E-state index contributed by atoms with van der Waals surface area (Å²) >= 11 is 0. The van der Waals surface area contributed by atoms with Crippen LogP contribution >= 0.6 is 0 Å². The molecule has 1 rings (SSSR count). The first kappa shape index (κ1) is 15.7. The van der Waals surface area contributed by atoms with Gasteiger partial charge in [0.05, 0.1) is 5.56 Å². The molecule has 3 amide bonds. The number of carbonyl (C=O) groups is 3. The summed E-state index contributed by atoms with van der Waals surface area (Å²) in [5, 5.41) is 4.56. The molecule has 0 bridgehead atoms. The Kier molecular flexibility index (Phi) is 5.71. The summed E-state index contributed by atoms with van der Waals surface area (Å²) < 4.78 is 4.85. The van der Waals surface area contributed by atoms with Crippen LogP contribution in [0.3, 0.4) is 0 Å².